The van der Waals surface area contributed by atoms with Crippen molar-refractivity contribution in [1.82, 2.24) is 10.3 Å². The molecule has 0 aliphatic carbocycles. The fourth-order valence-electron chi connectivity index (χ4n) is 3.54. The maximum Gasteiger partial charge on any atom is 0.251 e. The van der Waals surface area contributed by atoms with Gasteiger partial charge in [0.25, 0.3) is 5.91 Å². The molecule has 35 heavy (non-hydrogen) atoms. The second kappa shape index (κ2) is 11.3. The smallest absolute Gasteiger partial charge is 0.251 e. The van der Waals surface area contributed by atoms with Gasteiger partial charge in [-0.25, -0.2) is 4.98 Å². The maximum atomic E-state index is 13.2. The van der Waals surface area contributed by atoms with Crippen molar-refractivity contribution in [3.05, 3.63) is 95.4 Å². The molecule has 1 heterocycles. The van der Waals surface area contributed by atoms with Gasteiger partial charge in [-0.15, -0.1) is 11.3 Å². The summed E-state index contributed by atoms with van der Waals surface area (Å²) in [5.74, 6) is 0.561. The van der Waals surface area contributed by atoms with Crippen LogP contribution in [-0.2, 0) is 11.2 Å². The van der Waals surface area contributed by atoms with Crippen LogP contribution in [-0.4, -0.2) is 37.1 Å². The zero-order valence-electron chi connectivity index (χ0n) is 19.4. The molecule has 178 valence electrons. The lowest BCUT2D eigenvalue weighted by molar-refractivity contribution is -0.118. The van der Waals surface area contributed by atoms with E-state index in [1.165, 1.54) is 11.3 Å². The van der Waals surface area contributed by atoms with Crippen LogP contribution < -0.4 is 20.1 Å². The highest BCUT2D eigenvalue weighted by Crippen LogP contribution is 2.33. The summed E-state index contributed by atoms with van der Waals surface area (Å²) in [6.45, 7) is 0. The van der Waals surface area contributed by atoms with E-state index in [4.69, 9.17) is 9.47 Å². The van der Waals surface area contributed by atoms with E-state index in [0.29, 0.717) is 34.3 Å². The molecule has 8 heteroatoms. The fourth-order valence-corrected chi connectivity index (χ4v) is 4.26. The Hall–Kier alpha value is -4.17. The Balaban J connectivity index is 1.51. The summed E-state index contributed by atoms with van der Waals surface area (Å²) in [6, 6.07) is 23.1. The third kappa shape index (κ3) is 6.04. The Bertz CT molecular complexity index is 1290. The minimum absolute atomic E-state index is 0.313. The first-order valence-electron chi connectivity index (χ1n) is 11.0. The highest BCUT2D eigenvalue weighted by atomic mass is 32.1. The molecule has 0 aliphatic heterocycles. The van der Waals surface area contributed by atoms with Crippen molar-refractivity contribution < 1.29 is 19.1 Å². The first-order valence-corrected chi connectivity index (χ1v) is 11.8. The van der Waals surface area contributed by atoms with E-state index in [-0.39, 0.29) is 11.8 Å². The molecule has 2 amide bonds. The van der Waals surface area contributed by atoms with Crippen molar-refractivity contribution in [3.8, 4) is 22.8 Å². The van der Waals surface area contributed by atoms with E-state index in [0.717, 1.165) is 11.1 Å². The average Bonchev–Trinajstić information content (AvgIpc) is 3.37. The van der Waals surface area contributed by atoms with Gasteiger partial charge in [0.15, 0.2) is 16.6 Å². The topological polar surface area (TPSA) is 89.6 Å². The second-order valence-corrected chi connectivity index (χ2v) is 8.54. The molecule has 0 saturated heterocycles. The monoisotopic (exact) mass is 487 g/mol. The molecule has 7 nitrogen and oxygen atoms in total. The molecule has 2 N–H and O–H groups in total. The summed E-state index contributed by atoms with van der Waals surface area (Å²) in [4.78, 5) is 30.6. The molecule has 0 saturated carbocycles. The number of amides is 2. The van der Waals surface area contributed by atoms with Gasteiger partial charge in [0.2, 0.25) is 5.91 Å². The summed E-state index contributed by atoms with van der Waals surface area (Å²) in [5.41, 5.74) is 2.95. The van der Waals surface area contributed by atoms with Crippen molar-refractivity contribution in [1.29, 1.82) is 0 Å². The van der Waals surface area contributed by atoms with Gasteiger partial charge in [-0.2, -0.15) is 0 Å². The Morgan fingerprint density at radius 2 is 1.60 bits per heavy atom. The molecular formula is C27H25N3O4S. The standard InChI is InChI=1S/C27H25N3O4S/c1-33-23-14-13-20(16-24(23)34-2)22-17-35-27(29-22)30-26(32)21(15-18-9-5-3-6-10-18)28-25(31)19-11-7-4-8-12-19/h3-14,16-17,21H,15H2,1-2H3,(H,28,31)(H,29,30,32). The van der Waals surface area contributed by atoms with Crippen LogP contribution in [0, 0.1) is 0 Å². The van der Waals surface area contributed by atoms with Gasteiger partial charge in [0.05, 0.1) is 19.9 Å². The number of methoxy groups -OCH3 is 2. The van der Waals surface area contributed by atoms with Gasteiger partial charge in [0, 0.05) is 22.9 Å². The largest absolute Gasteiger partial charge is 0.493 e. The van der Waals surface area contributed by atoms with Gasteiger partial charge in [0.1, 0.15) is 6.04 Å². The van der Waals surface area contributed by atoms with Crippen molar-refractivity contribution in [2.24, 2.45) is 0 Å². The summed E-state index contributed by atoms with van der Waals surface area (Å²) in [6.07, 6.45) is 0.346. The van der Waals surface area contributed by atoms with Crippen LogP contribution in [0.25, 0.3) is 11.3 Å². The average molecular weight is 488 g/mol. The molecule has 4 rings (SSSR count). The van der Waals surface area contributed by atoms with Crippen LogP contribution in [0.1, 0.15) is 15.9 Å². The minimum atomic E-state index is -0.779. The summed E-state index contributed by atoms with van der Waals surface area (Å²) < 4.78 is 10.7. The van der Waals surface area contributed by atoms with Crippen molar-refractivity contribution >= 4 is 28.3 Å². The quantitative estimate of drug-likeness (QED) is 0.354. The lowest BCUT2D eigenvalue weighted by Gasteiger charge is -2.18. The molecular weight excluding hydrogens is 462 g/mol. The normalized spacial score (nSPS) is 11.4. The molecule has 1 unspecified atom stereocenters. The van der Waals surface area contributed by atoms with E-state index in [2.05, 4.69) is 15.6 Å². The number of aromatic nitrogens is 1. The number of hydrogen-bond donors (Lipinski definition) is 2. The number of hydrogen-bond acceptors (Lipinski definition) is 6. The molecule has 0 aliphatic rings. The van der Waals surface area contributed by atoms with Crippen LogP contribution >= 0.6 is 11.3 Å². The number of rotatable bonds is 9. The molecule has 1 aromatic heterocycles. The van der Waals surface area contributed by atoms with Gasteiger partial charge < -0.3 is 20.1 Å². The third-order valence-electron chi connectivity index (χ3n) is 5.35. The molecule has 1 atom stereocenters. The number of carbonyl (C=O) groups excluding carboxylic acids is 2. The lowest BCUT2D eigenvalue weighted by Crippen LogP contribution is -2.45. The van der Waals surface area contributed by atoms with E-state index in [9.17, 15) is 9.59 Å². The predicted molar refractivity (Wildman–Crippen MR) is 137 cm³/mol. The number of carbonyl (C=O) groups is 2. The lowest BCUT2D eigenvalue weighted by atomic mass is 10.0. The number of anilines is 1. The summed E-state index contributed by atoms with van der Waals surface area (Å²) >= 11 is 1.31. The van der Waals surface area contributed by atoms with E-state index in [1.807, 2.05) is 53.9 Å². The van der Waals surface area contributed by atoms with Crippen molar-refractivity contribution in [2.75, 3.05) is 19.5 Å². The fraction of sp³-hybridized carbons (Fsp3) is 0.148. The Kier molecular flexibility index (Phi) is 7.74. The number of nitrogens with one attached hydrogen (secondary N) is 2. The first kappa shape index (κ1) is 24.0. The first-order chi connectivity index (χ1) is 17.1. The third-order valence-corrected chi connectivity index (χ3v) is 6.11. The number of benzene rings is 3. The second-order valence-electron chi connectivity index (χ2n) is 7.68. The molecule has 0 radical (unpaired) electrons. The van der Waals surface area contributed by atoms with Crippen molar-refractivity contribution in [2.45, 2.75) is 12.5 Å². The molecule has 3 aromatic carbocycles. The van der Waals surface area contributed by atoms with Gasteiger partial charge in [-0.1, -0.05) is 48.5 Å². The molecule has 0 bridgehead atoms. The van der Waals surface area contributed by atoms with Gasteiger partial charge in [-0.05, 0) is 35.9 Å². The number of thiazole rings is 1. The molecule has 4 aromatic rings. The Labute approximate surface area is 207 Å². The Morgan fingerprint density at radius 3 is 2.29 bits per heavy atom. The highest BCUT2D eigenvalue weighted by Gasteiger charge is 2.23. The minimum Gasteiger partial charge on any atom is -0.493 e. The highest BCUT2D eigenvalue weighted by molar-refractivity contribution is 7.14. The van der Waals surface area contributed by atoms with E-state index in [1.54, 1.807) is 44.6 Å². The van der Waals surface area contributed by atoms with Crippen LogP contribution in [0.4, 0.5) is 5.13 Å². The van der Waals surface area contributed by atoms with Gasteiger partial charge in [-0.3, -0.25) is 9.59 Å². The predicted octanol–water partition coefficient (Wildman–Crippen LogP) is 4.81. The van der Waals surface area contributed by atoms with E-state index < -0.39 is 6.04 Å². The SMILES string of the molecule is COc1ccc(-c2csc(NC(=O)C(Cc3ccccc3)NC(=O)c3ccccc3)n2)cc1OC. The van der Waals surface area contributed by atoms with Crippen molar-refractivity contribution in [3.63, 3.8) is 0 Å². The Morgan fingerprint density at radius 1 is 0.914 bits per heavy atom. The summed E-state index contributed by atoms with van der Waals surface area (Å²) in [5, 5.41) is 8.01. The molecule has 0 spiro atoms. The molecule has 0 fully saturated rings. The van der Waals surface area contributed by atoms with Crippen LogP contribution in [0.15, 0.2) is 84.2 Å². The van der Waals surface area contributed by atoms with Crippen LogP contribution in [0.3, 0.4) is 0 Å². The zero-order chi connectivity index (χ0) is 24.6. The summed E-state index contributed by atoms with van der Waals surface area (Å²) in [7, 11) is 3.15. The number of ether oxygens (including phenoxy) is 2. The van der Waals surface area contributed by atoms with Crippen LogP contribution in [0.2, 0.25) is 0 Å². The van der Waals surface area contributed by atoms with Crippen LogP contribution in [0.5, 0.6) is 11.5 Å². The maximum absolute atomic E-state index is 13.2. The van der Waals surface area contributed by atoms with E-state index >= 15 is 0 Å². The number of nitrogens with zero attached hydrogens (tertiary/aromatic N) is 1. The zero-order valence-corrected chi connectivity index (χ0v) is 20.2. The van der Waals surface area contributed by atoms with Gasteiger partial charge >= 0.3 is 0 Å².